The zero-order valence-corrected chi connectivity index (χ0v) is 12.2. The maximum Gasteiger partial charge on any atom is 0.315 e. The van der Waals surface area contributed by atoms with Crippen molar-refractivity contribution in [2.24, 2.45) is 11.3 Å². The van der Waals surface area contributed by atoms with Crippen molar-refractivity contribution < 1.29 is 14.7 Å². The van der Waals surface area contributed by atoms with Gasteiger partial charge in [-0.1, -0.05) is 26.0 Å². The average molecular weight is 280 g/mol. The number of carboxylic acids is 1. The molecule has 0 aromatic heterocycles. The lowest BCUT2D eigenvalue weighted by atomic mass is 9.76. The fourth-order valence-corrected chi connectivity index (χ4v) is 2.93. The van der Waals surface area contributed by atoms with E-state index < -0.39 is 11.9 Å². The molecule has 2 aliphatic carbocycles. The Morgan fingerprint density at radius 2 is 1.80 bits per heavy atom. The molecule has 3 N–H and O–H groups in total. The summed E-state index contributed by atoms with van der Waals surface area (Å²) >= 11 is 0. The molecule has 0 radical (unpaired) electrons. The van der Waals surface area contributed by atoms with Crippen LogP contribution in [0.3, 0.4) is 0 Å². The Balaban J connectivity index is 1.72. The van der Waals surface area contributed by atoms with Crippen LogP contribution in [0.4, 0.5) is 4.79 Å². The number of rotatable bonds is 3. The maximum absolute atomic E-state index is 11.9. The van der Waals surface area contributed by atoms with Gasteiger partial charge in [-0.15, -0.1) is 0 Å². The van der Waals surface area contributed by atoms with Crippen molar-refractivity contribution in [2.45, 2.75) is 58.0 Å². The number of hydrogen-bond acceptors (Lipinski definition) is 2. The van der Waals surface area contributed by atoms with E-state index in [0.29, 0.717) is 11.8 Å². The summed E-state index contributed by atoms with van der Waals surface area (Å²) < 4.78 is 0. The first-order chi connectivity index (χ1) is 9.35. The molecule has 0 saturated heterocycles. The van der Waals surface area contributed by atoms with Crippen LogP contribution in [0.15, 0.2) is 12.2 Å². The van der Waals surface area contributed by atoms with Crippen LogP contribution in [0, 0.1) is 11.3 Å². The van der Waals surface area contributed by atoms with Gasteiger partial charge in [0.2, 0.25) is 0 Å². The van der Waals surface area contributed by atoms with E-state index in [1.54, 1.807) is 12.2 Å². The molecule has 2 atom stereocenters. The van der Waals surface area contributed by atoms with E-state index in [2.05, 4.69) is 24.5 Å². The van der Waals surface area contributed by atoms with Crippen LogP contribution in [0.5, 0.6) is 0 Å². The summed E-state index contributed by atoms with van der Waals surface area (Å²) in [5, 5.41) is 14.7. The van der Waals surface area contributed by atoms with Crippen LogP contribution < -0.4 is 10.6 Å². The zero-order valence-electron chi connectivity index (χ0n) is 12.2. The first kappa shape index (κ1) is 14.9. The second kappa shape index (κ2) is 5.85. The third kappa shape index (κ3) is 3.99. The quantitative estimate of drug-likeness (QED) is 0.694. The standard InChI is InChI=1S/C15H24N2O3/c1-15(2)7-5-11(6-8-15)16-14(20)17-12-4-3-10(9-12)13(18)19/h3-4,10-12H,5-9H2,1-2H3,(H,18,19)(H2,16,17,20). The molecule has 20 heavy (non-hydrogen) atoms. The van der Waals surface area contributed by atoms with Crippen LogP contribution in [-0.4, -0.2) is 29.2 Å². The summed E-state index contributed by atoms with van der Waals surface area (Å²) in [6.07, 6.45) is 8.14. The monoisotopic (exact) mass is 280 g/mol. The summed E-state index contributed by atoms with van der Waals surface area (Å²) in [6.45, 7) is 4.53. The van der Waals surface area contributed by atoms with Gasteiger partial charge in [0.1, 0.15) is 0 Å². The van der Waals surface area contributed by atoms with Gasteiger partial charge in [-0.3, -0.25) is 4.79 Å². The number of carbonyl (C=O) groups is 2. The minimum Gasteiger partial charge on any atom is -0.481 e. The molecule has 0 heterocycles. The second-order valence-corrected chi connectivity index (χ2v) is 6.73. The minimum absolute atomic E-state index is 0.170. The van der Waals surface area contributed by atoms with Gasteiger partial charge in [0.05, 0.1) is 12.0 Å². The summed E-state index contributed by atoms with van der Waals surface area (Å²) in [5.41, 5.74) is 0.386. The van der Waals surface area contributed by atoms with Gasteiger partial charge in [0.15, 0.2) is 0 Å². The van der Waals surface area contributed by atoms with Crippen molar-refractivity contribution in [1.82, 2.24) is 10.6 Å². The molecule has 0 aromatic rings. The Kier molecular flexibility index (Phi) is 4.35. The molecule has 2 aliphatic rings. The number of carboxylic acid groups (broad SMARTS) is 1. The maximum atomic E-state index is 11.9. The molecule has 1 fully saturated rings. The molecular weight excluding hydrogens is 256 g/mol. The highest BCUT2D eigenvalue weighted by atomic mass is 16.4. The molecule has 5 nitrogen and oxygen atoms in total. The second-order valence-electron chi connectivity index (χ2n) is 6.73. The number of hydrogen-bond donors (Lipinski definition) is 3. The largest absolute Gasteiger partial charge is 0.481 e. The molecule has 2 unspecified atom stereocenters. The van der Waals surface area contributed by atoms with E-state index in [-0.39, 0.29) is 18.1 Å². The van der Waals surface area contributed by atoms with Crippen LogP contribution in [0.25, 0.3) is 0 Å². The number of carbonyl (C=O) groups excluding carboxylic acids is 1. The predicted molar refractivity (Wildman–Crippen MR) is 76.4 cm³/mol. The lowest BCUT2D eigenvalue weighted by Crippen LogP contribution is -2.47. The third-order valence-electron chi connectivity index (χ3n) is 4.39. The summed E-state index contributed by atoms with van der Waals surface area (Å²) in [5.74, 6) is -1.31. The van der Waals surface area contributed by atoms with Crippen molar-refractivity contribution in [1.29, 1.82) is 0 Å². The predicted octanol–water partition coefficient (Wildman–Crippen LogP) is 2.28. The van der Waals surface area contributed by atoms with Crippen molar-refractivity contribution in [2.75, 3.05) is 0 Å². The van der Waals surface area contributed by atoms with Gasteiger partial charge in [0, 0.05) is 6.04 Å². The Bertz CT molecular complexity index is 407. The number of urea groups is 1. The van der Waals surface area contributed by atoms with Gasteiger partial charge in [0.25, 0.3) is 0 Å². The minimum atomic E-state index is -0.833. The molecule has 0 bridgehead atoms. The fourth-order valence-electron chi connectivity index (χ4n) is 2.93. The average Bonchev–Trinajstić information content (AvgIpc) is 2.80. The van der Waals surface area contributed by atoms with E-state index in [1.165, 1.54) is 0 Å². The normalized spacial score (nSPS) is 29.1. The highest BCUT2D eigenvalue weighted by Crippen LogP contribution is 2.34. The molecule has 0 aromatic carbocycles. The molecule has 0 spiro atoms. The number of nitrogens with one attached hydrogen (secondary N) is 2. The lowest BCUT2D eigenvalue weighted by Gasteiger charge is -2.34. The Labute approximate surface area is 119 Å². The van der Waals surface area contributed by atoms with Crippen molar-refractivity contribution in [3.8, 4) is 0 Å². The van der Waals surface area contributed by atoms with E-state index in [0.717, 1.165) is 25.7 Å². The summed E-state index contributed by atoms with van der Waals surface area (Å²) in [4.78, 5) is 22.7. The van der Waals surface area contributed by atoms with E-state index in [1.807, 2.05) is 0 Å². The van der Waals surface area contributed by atoms with Crippen LogP contribution in [0.1, 0.15) is 46.0 Å². The van der Waals surface area contributed by atoms with E-state index >= 15 is 0 Å². The Morgan fingerprint density at radius 3 is 2.35 bits per heavy atom. The molecule has 1 saturated carbocycles. The molecular formula is C15H24N2O3. The first-order valence-electron chi connectivity index (χ1n) is 7.34. The van der Waals surface area contributed by atoms with Crippen LogP contribution >= 0.6 is 0 Å². The van der Waals surface area contributed by atoms with Gasteiger partial charge >= 0.3 is 12.0 Å². The smallest absolute Gasteiger partial charge is 0.315 e. The van der Waals surface area contributed by atoms with Gasteiger partial charge in [-0.05, 0) is 37.5 Å². The molecule has 2 rings (SSSR count). The summed E-state index contributed by atoms with van der Waals surface area (Å²) in [7, 11) is 0. The van der Waals surface area contributed by atoms with Gasteiger partial charge < -0.3 is 15.7 Å². The van der Waals surface area contributed by atoms with Crippen LogP contribution in [0.2, 0.25) is 0 Å². The number of amides is 2. The van der Waals surface area contributed by atoms with Gasteiger partial charge in [-0.2, -0.15) is 0 Å². The molecule has 2 amide bonds. The molecule has 5 heteroatoms. The third-order valence-corrected chi connectivity index (χ3v) is 4.39. The topological polar surface area (TPSA) is 78.4 Å². The first-order valence-corrected chi connectivity index (χ1v) is 7.34. The fraction of sp³-hybridized carbons (Fsp3) is 0.733. The SMILES string of the molecule is CC1(C)CCC(NC(=O)NC2C=CC(C(=O)O)C2)CC1. The summed E-state index contributed by atoms with van der Waals surface area (Å²) in [6, 6.07) is -0.116. The van der Waals surface area contributed by atoms with Crippen molar-refractivity contribution >= 4 is 12.0 Å². The van der Waals surface area contributed by atoms with Crippen LogP contribution in [-0.2, 0) is 4.79 Å². The van der Waals surface area contributed by atoms with E-state index in [9.17, 15) is 9.59 Å². The molecule has 0 aliphatic heterocycles. The highest BCUT2D eigenvalue weighted by molar-refractivity contribution is 5.76. The van der Waals surface area contributed by atoms with E-state index in [4.69, 9.17) is 5.11 Å². The van der Waals surface area contributed by atoms with Crippen molar-refractivity contribution in [3.05, 3.63) is 12.2 Å². The lowest BCUT2D eigenvalue weighted by molar-refractivity contribution is -0.140. The molecule has 112 valence electrons. The van der Waals surface area contributed by atoms with Gasteiger partial charge in [-0.25, -0.2) is 4.79 Å². The Hall–Kier alpha value is -1.52. The number of aliphatic carboxylic acids is 1. The van der Waals surface area contributed by atoms with Crippen molar-refractivity contribution in [3.63, 3.8) is 0 Å². The Morgan fingerprint density at radius 1 is 1.15 bits per heavy atom. The zero-order chi connectivity index (χ0) is 14.8. The highest BCUT2D eigenvalue weighted by Gasteiger charge is 2.29.